The molecule has 4 bridgehead atoms. The third-order valence-corrected chi connectivity index (χ3v) is 13.2. The molecule has 4 aliphatic heterocycles. The molecule has 3 atom stereocenters. The fourth-order valence-corrected chi connectivity index (χ4v) is 15.5. The zero-order chi connectivity index (χ0) is 7.47. The second-order valence-electron chi connectivity index (χ2n) is 4.86. The fraction of sp³-hybridized carbons (Fsp3) is 1.00. The average molecular weight is 185 g/mol. The first-order chi connectivity index (χ1) is 5.23. The molecule has 4 saturated heterocycles. The molecule has 60 valence electrons. The minimum Gasteiger partial charge on any atom is -0.311 e. The van der Waals surface area contributed by atoms with Crippen molar-refractivity contribution in [1.29, 1.82) is 0 Å². The average Bonchev–Trinajstić information content (AvgIpc) is 1.79. The van der Waals surface area contributed by atoms with E-state index >= 15 is 0 Å². The summed E-state index contributed by atoms with van der Waals surface area (Å²) >= 11 is 0. The van der Waals surface area contributed by atoms with E-state index in [1.165, 1.54) is 18.5 Å². The van der Waals surface area contributed by atoms with Crippen LogP contribution >= 0.6 is 0 Å². The molecule has 4 rings (SSSR count). The summed E-state index contributed by atoms with van der Waals surface area (Å²) in [6, 6.07) is 5.11. The molecule has 0 spiro atoms. The molecule has 4 aliphatic rings. The van der Waals surface area contributed by atoms with Gasteiger partial charge in [-0.3, -0.25) is 0 Å². The van der Waals surface area contributed by atoms with Crippen LogP contribution in [0.4, 0.5) is 4.11 Å². The molecule has 0 aliphatic carbocycles. The lowest BCUT2D eigenvalue weighted by Gasteiger charge is -2.44. The van der Waals surface area contributed by atoms with E-state index in [0.29, 0.717) is 0 Å². The maximum atomic E-state index is 14.0. The summed E-state index contributed by atoms with van der Waals surface area (Å²) in [4.78, 5) is 0. The van der Waals surface area contributed by atoms with Gasteiger partial charge in [-0.25, -0.2) is 0 Å². The molecule has 0 radical (unpaired) electrons. The van der Waals surface area contributed by atoms with E-state index < -0.39 is 8.41 Å². The topological polar surface area (TPSA) is 0 Å². The highest BCUT2D eigenvalue weighted by atomic mass is 28.4. The molecular formula is C8H14FSi2+. The van der Waals surface area contributed by atoms with Gasteiger partial charge in [0.05, 0.1) is 17.8 Å². The van der Waals surface area contributed by atoms with Crippen molar-refractivity contribution in [2.24, 2.45) is 11.8 Å². The first-order valence-corrected chi connectivity index (χ1v) is 9.38. The van der Waals surface area contributed by atoms with E-state index in [-0.39, 0.29) is 8.80 Å². The van der Waals surface area contributed by atoms with Crippen LogP contribution in [0.1, 0.15) is 6.42 Å². The Hall–Kier alpha value is 0.364. The summed E-state index contributed by atoms with van der Waals surface area (Å²) in [5.41, 5.74) is 1.14. The molecular weight excluding hydrogens is 171 g/mol. The Labute approximate surface area is 70.0 Å². The van der Waals surface area contributed by atoms with Crippen molar-refractivity contribution in [3.63, 3.8) is 0 Å². The summed E-state index contributed by atoms with van der Waals surface area (Å²) in [6.07, 6.45) is 1.41. The largest absolute Gasteiger partial charge is 0.314 e. The summed E-state index contributed by atoms with van der Waals surface area (Å²) in [5.74, 6) is 1.75. The quantitative estimate of drug-likeness (QED) is 0.402. The Morgan fingerprint density at radius 2 is 1.82 bits per heavy atom. The van der Waals surface area contributed by atoms with Crippen LogP contribution in [-0.4, -0.2) is 17.2 Å². The standard InChI is InChI=1S/C8H14FSi2/c9-11-4-7-1-8(5-11)3-10(2-7)6-11/h7-8H,1-6H2/q+1/t7-,8+,11?. The number of halogens is 1. The fourth-order valence-electron chi connectivity index (χ4n) is 3.70. The molecule has 0 saturated carbocycles. The minimum atomic E-state index is -2.05. The SMILES string of the molecule is F[Si]12C[C@@H]3C[C@@H](C[Si+](C3)C1)C2. The van der Waals surface area contributed by atoms with Gasteiger partial charge < -0.3 is 4.11 Å². The Kier molecular flexibility index (Phi) is 1.24. The van der Waals surface area contributed by atoms with Crippen molar-refractivity contribution < 1.29 is 4.11 Å². The summed E-state index contributed by atoms with van der Waals surface area (Å²) in [6.45, 7) is 0. The normalized spacial score (nSPS) is 53.7. The van der Waals surface area contributed by atoms with E-state index in [1.54, 1.807) is 0 Å². The summed E-state index contributed by atoms with van der Waals surface area (Å²) in [5, 5.41) is 0. The van der Waals surface area contributed by atoms with Crippen LogP contribution in [0.3, 0.4) is 0 Å². The van der Waals surface area contributed by atoms with Gasteiger partial charge in [0.25, 0.3) is 8.41 Å². The van der Waals surface area contributed by atoms with E-state index in [0.717, 1.165) is 29.6 Å². The Morgan fingerprint density at radius 1 is 1.18 bits per heavy atom. The maximum absolute atomic E-state index is 14.0. The van der Waals surface area contributed by atoms with Crippen molar-refractivity contribution in [2.75, 3.05) is 0 Å². The molecule has 0 N–H and O–H groups in total. The van der Waals surface area contributed by atoms with Crippen LogP contribution in [0.5, 0.6) is 0 Å². The number of hydrogen-bond donors (Lipinski definition) is 0. The molecule has 11 heavy (non-hydrogen) atoms. The van der Waals surface area contributed by atoms with Gasteiger partial charge in [0.2, 0.25) is 0 Å². The van der Waals surface area contributed by atoms with Crippen LogP contribution in [0.2, 0.25) is 29.8 Å². The Morgan fingerprint density at radius 3 is 2.27 bits per heavy atom. The van der Waals surface area contributed by atoms with Gasteiger partial charge in [0, 0.05) is 0 Å². The molecule has 0 aromatic heterocycles. The van der Waals surface area contributed by atoms with Crippen molar-refractivity contribution in [2.45, 2.75) is 36.3 Å². The van der Waals surface area contributed by atoms with Crippen LogP contribution in [-0.2, 0) is 0 Å². The Balaban J connectivity index is 1.94. The predicted molar refractivity (Wildman–Crippen MR) is 48.2 cm³/mol. The van der Waals surface area contributed by atoms with Gasteiger partial charge >= 0.3 is 8.80 Å². The van der Waals surface area contributed by atoms with Crippen molar-refractivity contribution in [3.8, 4) is 0 Å². The van der Waals surface area contributed by atoms with Crippen LogP contribution in [0, 0.1) is 11.8 Å². The van der Waals surface area contributed by atoms with E-state index in [2.05, 4.69) is 0 Å². The minimum absolute atomic E-state index is 0.119. The van der Waals surface area contributed by atoms with Gasteiger partial charge in [-0.15, -0.1) is 0 Å². The molecule has 0 amide bonds. The monoisotopic (exact) mass is 185 g/mol. The first-order valence-electron chi connectivity index (χ1n) is 4.76. The predicted octanol–water partition coefficient (Wildman–Crippen LogP) is 2.60. The lowest BCUT2D eigenvalue weighted by Crippen LogP contribution is -2.53. The molecule has 4 fully saturated rings. The second-order valence-corrected chi connectivity index (χ2v) is 11.7. The molecule has 3 heteroatoms. The summed E-state index contributed by atoms with van der Waals surface area (Å²) in [7, 11) is -2.17. The second kappa shape index (κ2) is 1.99. The summed E-state index contributed by atoms with van der Waals surface area (Å²) < 4.78 is 14.0. The van der Waals surface area contributed by atoms with E-state index in [9.17, 15) is 4.11 Å². The number of rotatable bonds is 0. The molecule has 0 nitrogen and oxygen atoms in total. The highest BCUT2D eigenvalue weighted by Crippen LogP contribution is 2.53. The smallest absolute Gasteiger partial charge is 0.311 e. The lowest BCUT2D eigenvalue weighted by atomic mass is 9.98. The molecule has 1 unspecified atom stereocenters. The zero-order valence-corrected chi connectivity index (χ0v) is 8.78. The van der Waals surface area contributed by atoms with Gasteiger partial charge in [0.1, 0.15) is 0 Å². The first kappa shape index (κ1) is 6.83. The van der Waals surface area contributed by atoms with Crippen LogP contribution in [0.25, 0.3) is 0 Å². The van der Waals surface area contributed by atoms with Crippen LogP contribution < -0.4 is 0 Å². The highest BCUT2D eigenvalue weighted by Gasteiger charge is 2.61. The van der Waals surface area contributed by atoms with Crippen molar-refractivity contribution in [3.05, 3.63) is 0 Å². The van der Waals surface area contributed by atoms with Crippen molar-refractivity contribution in [1.82, 2.24) is 0 Å². The van der Waals surface area contributed by atoms with E-state index in [4.69, 9.17) is 0 Å². The van der Waals surface area contributed by atoms with Crippen LogP contribution in [0.15, 0.2) is 0 Å². The van der Waals surface area contributed by atoms with Crippen molar-refractivity contribution >= 4 is 17.2 Å². The maximum Gasteiger partial charge on any atom is 0.314 e. The lowest BCUT2D eigenvalue weighted by molar-refractivity contribution is 0.374. The van der Waals surface area contributed by atoms with E-state index in [1.807, 2.05) is 0 Å². The molecule has 0 aromatic carbocycles. The zero-order valence-electron chi connectivity index (χ0n) is 6.78. The van der Waals surface area contributed by atoms with Gasteiger partial charge in [0.15, 0.2) is 0 Å². The Bertz CT molecular complexity index is 157. The third-order valence-electron chi connectivity index (χ3n) is 3.70. The third kappa shape index (κ3) is 0.968. The molecule has 0 aromatic rings. The van der Waals surface area contributed by atoms with Gasteiger partial charge in [-0.2, -0.15) is 0 Å². The van der Waals surface area contributed by atoms with Gasteiger partial charge in [-0.05, 0) is 30.3 Å². The van der Waals surface area contributed by atoms with Gasteiger partial charge in [-0.1, -0.05) is 0 Å². The highest BCUT2D eigenvalue weighted by molar-refractivity contribution is 6.88. The number of hydrogen-bond acceptors (Lipinski definition) is 0. The molecule has 4 heterocycles.